The molecule has 0 spiro atoms. The first-order valence-corrected chi connectivity index (χ1v) is 12.4. The number of sulfonamides is 1. The lowest BCUT2D eigenvalue weighted by Crippen LogP contribution is -2.50. The SMILES string of the molecule is CS(=O)(=O)N[C@@H]1CN2C(=O)N(c3noc4cc(OC(F)F)cc(-c5c(F)cccc5F)c34)C[C@@H]2C1(F)F. The number of alkyl halides is 4. The summed E-state index contributed by atoms with van der Waals surface area (Å²) in [6.07, 6.45) is 0.706. The average Bonchev–Trinajstić information content (AvgIpc) is 3.39. The number of fused-ring (bicyclic) bond motifs is 2. The fraction of sp³-hybridized carbons (Fsp3) is 0.333. The van der Waals surface area contributed by atoms with E-state index in [-0.39, 0.29) is 22.4 Å². The van der Waals surface area contributed by atoms with E-state index in [0.29, 0.717) is 6.26 Å². The van der Waals surface area contributed by atoms with Gasteiger partial charge in [0.05, 0.1) is 23.8 Å². The molecule has 2 amide bonds. The smallest absolute Gasteiger partial charge is 0.387 e. The van der Waals surface area contributed by atoms with E-state index in [1.165, 1.54) is 0 Å². The molecule has 2 aliphatic rings. The number of nitrogens with one attached hydrogen (secondary N) is 1. The number of rotatable bonds is 6. The summed E-state index contributed by atoms with van der Waals surface area (Å²) in [5.74, 6) is -6.77. The number of carbonyl (C=O) groups is 1. The second kappa shape index (κ2) is 8.51. The summed E-state index contributed by atoms with van der Waals surface area (Å²) < 4.78 is 119. The lowest BCUT2D eigenvalue weighted by atomic mass is 9.99. The minimum atomic E-state index is -4.02. The Morgan fingerprint density at radius 3 is 2.46 bits per heavy atom. The highest BCUT2D eigenvalue weighted by Crippen LogP contribution is 2.45. The number of halogens is 6. The zero-order chi connectivity index (χ0) is 26.9. The highest BCUT2D eigenvalue weighted by Gasteiger charge is 2.63. The third kappa shape index (κ3) is 4.22. The summed E-state index contributed by atoms with van der Waals surface area (Å²) in [6.45, 7) is -4.62. The monoisotopic (exact) mass is 550 g/mol. The van der Waals surface area contributed by atoms with Crippen LogP contribution in [0.1, 0.15) is 0 Å². The quantitative estimate of drug-likeness (QED) is 0.471. The molecule has 0 bridgehead atoms. The van der Waals surface area contributed by atoms with Crippen molar-refractivity contribution in [2.75, 3.05) is 24.2 Å². The highest BCUT2D eigenvalue weighted by atomic mass is 32.2. The van der Waals surface area contributed by atoms with Crippen LogP contribution in [0, 0.1) is 11.6 Å². The van der Waals surface area contributed by atoms with Gasteiger partial charge in [0.1, 0.15) is 29.5 Å². The van der Waals surface area contributed by atoms with E-state index in [0.717, 1.165) is 40.1 Å². The van der Waals surface area contributed by atoms with E-state index in [2.05, 4.69) is 9.89 Å². The van der Waals surface area contributed by atoms with Gasteiger partial charge in [-0.3, -0.25) is 4.90 Å². The van der Waals surface area contributed by atoms with Crippen LogP contribution in [0.25, 0.3) is 22.1 Å². The summed E-state index contributed by atoms with van der Waals surface area (Å²) >= 11 is 0. The number of anilines is 1. The molecule has 2 saturated heterocycles. The lowest BCUT2D eigenvalue weighted by molar-refractivity contribution is -0.0497. The third-order valence-corrected chi connectivity index (χ3v) is 6.81. The number of carbonyl (C=O) groups excluding carboxylic acids is 1. The first-order valence-electron chi connectivity index (χ1n) is 10.5. The Morgan fingerprint density at radius 2 is 1.86 bits per heavy atom. The third-order valence-electron chi connectivity index (χ3n) is 6.10. The first-order chi connectivity index (χ1) is 17.3. The first kappa shape index (κ1) is 25.1. The zero-order valence-corrected chi connectivity index (χ0v) is 19.4. The summed E-state index contributed by atoms with van der Waals surface area (Å²) in [7, 11) is -4.02. The molecule has 3 aromatic rings. The predicted octanol–water partition coefficient (Wildman–Crippen LogP) is 3.55. The molecule has 1 aromatic heterocycles. The van der Waals surface area contributed by atoms with Crippen LogP contribution in [0.4, 0.5) is 37.0 Å². The number of hydrogen-bond acceptors (Lipinski definition) is 6. The van der Waals surface area contributed by atoms with Crippen molar-refractivity contribution in [3.63, 3.8) is 0 Å². The summed E-state index contributed by atoms with van der Waals surface area (Å²) in [5, 5.41) is 3.49. The van der Waals surface area contributed by atoms with Gasteiger partial charge in [-0.25, -0.2) is 35.5 Å². The number of aromatic nitrogens is 1. The van der Waals surface area contributed by atoms with Crippen molar-refractivity contribution >= 4 is 32.8 Å². The van der Waals surface area contributed by atoms with Crippen molar-refractivity contribution in [3.8, 4) is 16.9 Å². The minimum absolute atomic E-state index is 0.214. The Hall–Kier alpha value is -3.53. The van der Waals surface area contributed by atoms with Crippen molar-refractivity contribution in [3.05, 3.63) is 42.0 Å². The van der Waals surface area contributed by atoms with Gasteiger partial charge < -0.3 is 14.2 Å². The maximum atomic E-state index is 15.0. The lowest BCUT2D eigenvalue weighted by Gasteiger charge is -2.23. The molecule has 2 aliphatic heterocycles. The van der Waals surface area contributed by atoms with E-state index in [1.807, 2.05) is 4.72 Å². The Labute approximate surface area is 204 Å². The molecule has 5 rings (SSSR count). The molecule has 37 heavy (non-hydrogen) atoms. The number of benzene rings is 2. The molecule has 16 heteroatoms. The van der Waals surface area contributed by atoms with Crippen LogP contribution in [0.3, 0.4) is 0 Å². The molecule has 9 nitrogen and oxygen atoms in total. The fourth-order valence-electron chi connectivity index (χ4n) is 4.61. The standard InChI is InChI=1S/C21H16F6N4O5S/c1-37(33,34)29-14-7-30-15(21(14,26)27)8-31(20(30)32)18-17-10(16-11(22)3-2-4-12(16)23)5-9(35-19(24)25)6-13(17)36-28-18/h2-6,14-15,19,29H,7-8H2,1H3/t14-,15-/m1/s1. The normalized spacial score (nSPS) is 21.4. The van der Waals surface area contributed by atoms with Crippen molar-refractivity contribution in [2.24, 2.45) is 0 Å². The second-order valence-electron chi connectivity index (χ2n) is 8.50. The molecule has 2 fully saturated rings. The fourth-order valence-corrected chi connectivity index (χ4v) is 5.36. The molecule has 0 radical (unpaired) electrons. The molecule has 198 valence electrons. The molecule has 2 atom stereocenters. The van der Waals surface area contributed by atoms with Gasteiger partial charge in [-0.2, -0.15) is 8.78 Å². The maximum absolute atomic E-state index is 15.0. The number of ether oxygens (including phenoxy) is 1. The van der Waals surface area contributed by atoms with Gasteiger partial charge in [0.25, 0.3) is 5.92 Å². The van der Waals surface area contributed by atoms with Crippen LogP contribution in [0.2, 0.25) is 0 Å². The molecule has 2 aromatic carbocycles. The van der Waals surface area contributed by atoms with E-state index in [1.54, 1.807) is 0 Å². The molecular formula is C21H16F6N4O5S. The number of hydrogen-bond donors (Lipinski definition) is 1. The van der Waals surface area contributed by atoms with Crippen LogP contribution >= 0.6 is 0 Å². The minimum Gasteiger partial charge on any atom is -0.435 e. The molecule has 0 saturated carbocycles. The van der Waals surface area contributed by atoms with Crippen LogP contribution in [-0.4, -0.2) is 68.5 Å². The average molecular weight is 550 g/mol. The Morgan fingerprint density at radius 1 is 1.19 bits per heavy atom. The largest absolute Gasteiger partial charge is 0.435 e. The van der Waals surface area contributed by atoms with Crippen LogP contribution in [0.5, 0.6) is 5.75 Å². The second-order valence-corrected chi connectivity index (χ2v) is 10.3. The van der Waals surface area contributed by atoms with Gasteiger partial charge in [-0.1, -0.05) is 11.2 Å². The Bertz CT molecular complexity index is 1490. The van der Waals surface area contributed by atoms with Gasteiger partial charge in [-0.15, -0.1) is 0 Å². The topological polar surface area (TPSA) is 105 Å². The highest BCUT2D eigenvalue weighted by molar-refractivity contribution is 7.88. The van der Waals surface area contributed by atoms with Crippen LogP contribution < -0.4 is 14.4 Å². The summed E-state index contributed by atoms with van der Waals surface area (Å²) in [6, 6.07) is 0.0917. The van der Waals surface area contributed by atoms with E-state index < -0.39 is 76.7 Å². The van der Waals surface area contributed by atoms with Crippen molar-refractivity contribution < 1.29 is 48.8 Å². The summed E-state index contributed by atoms with van der Waals surface area (Å²) in [4.78, 5) is 14.6. The maximum Gasteiger partial charge on any atom is 0.387 e. The van der Waals surface area contributed by atoms with Crippen molar-refractivity contribution in [1.82, 2.24) is 14.8 Å². The van der Waals surface area contributed by atoms with E-state index in [4.69, 9.17) is 4.52 Å². The number of urea groups is 1. The molecule has 0 aliphatic carbocycles. The van der Waals surface area contributed by atoms with E-state index in [9.17, 15) is 30.8 Å². The number of amides is 2. The molecule has 0 unspecified atom stereocenters. The van der Waals surface area contributed by atoms with Gasteiger partial charge in [0.15, 0.2) is 11.4 Å². The molecule has 3 heterocycles. The van der Waals surface area contributed by atoms with Gasteiger partial charge in [0.2, 0.25) is 10.0 Å². The van der Waals surface area contributed by atoms with E-state index >= 15 is 8.78 Å². The number of nitrogens with zero attached hydrogens (tertiary/aromatic N) is 3. The molecule has 1 N–H and O–H groups in total. The van der Waals surface area contributed by atoms with Gasteiger partial charge >= 0.3 is 12.6 Å². The van der Waals surface area contributed by atoms with Gasteiger partial charge in [-0.05, 0) is 18.2 Å². The van der Waals surface area contributed by atoms with Crippen molar-refractivity contribution in [1.29, 1.82) is 0 Å². The Kier molecular flexibility index (Phi) is 5.78. The Balaban J connectivity index is 1.61. The van der Waals surface area contributed by atoms with Crippen LogP contribution in [-0.2, 0) is 10.0 Å². The van der Waals surface area contributed by atoms with Crippen LogP contribution in [0.15, 0.2) is 34.9 Å². The zero-order valence-electron chi connectivity index (χ0n) is 18.6. The molecular weight excluding hydrogens is 534 g/mol. The van der Waals surface area contributed by atoms with Gasteiger partial charge in [0, 0.05) is 18.2 Å². The van der Waals surface area contributed by atoms with Crippen molar-refractivity contribution in [2.45, 2.75) is 24.6 Å². The summed E-state index contributed by atoms with van der Waals surface area (Å²) in [5.41, 5.74) is -1.36. The predicted molar refractivity (Wildman–Crippen MR) is 116 cm³/mol.